The smallest absolute Gasteiger partial charge is 0.238 e. The van der Waals surface area contributed by atoms with Gasteiger partial charge >= 0.3 is 0 Å². The number of likely N-dealkylation sites (tertiary alicyclic amines) is 1. The molecular formula is C14H30N4O. The van der Waals surface area contributed by atoms with Crippen LogP contribution in [0.3, 0.4) is 0 Å². The van der Waals surface area contributed by atoms with Crippen LogP contribution in [-0.2, 0) is 4.79 Å². The molecule has 0 spiro atoms. The summed E-state index contributed by atoms with van der Waals surface area (Å²) in [5.41, 5.74) is 4.93. The fourth-order valence-corrected chi connectivity index (χ4v) is 3.05. The molecule has 0 bridgehead atoms. The van der Waals surface area contributed by atoms with Gasteiger partial charge in [0.1, 0.15) is 5.54 Å². The van der Waals surface area contributed by atoms with E-state index in [4.69, 9.17) is 5.73 Å². The van der Waals surface area contributed by atoms with Crippen molar-refractivity contribution in [2.75, 3.05) is 39.3 Å². The second kappa shape index (κ2) is 7.22. The molecule has 0 aromatic rings. The first-order valence-corrected chi connectivity index (χ1v) is 7.48. The molecule has 0 aliphatic carbocycles. The van der Waals surface area contributed by atoms with Crippen LogP contribution in [-0.4, -0.2) is 66.6 Å². The summed E-state index contributed by atoms with van der Waals surface area (Å²) >= 11 is 0. The van der Waals surface area contributed by atoms with E-state index in [2.05, 4.69) is 29.0 Å². The summed E-state index contributed by atoms with van der Waals surface area (Å²) in [5, 5.41) is 3.23. The molecule has 1 amide bonds. The number of nitrogens with one attached hydrogen (secondary N) is 1. The maximum Gasteiger partial charge on any atom is 0.238 e. The maximum atomic E-state index is 11.6. The van der Waals surface area contributed by atoms with Crippen LogP contribution in [0.25, 0.3) is 0 Å². The second-order valence-electron chi connectivity index (χ2n) is 5.63. The van der Waals surface area contributed by atoms with E-state index in [0.717, 1.165) is 32.7 Å². The van der Waals surface area contributed by atoms with E-state index in [1.165, 1.54) is 6.42 Å². The summed E-state index contributed by atoms with van der Waals surface area (Å²) in [7, 11) is 0. The Bertz CT molecular complexity index is 293. The highest BCUT2D eigenvalue weighted by Gasteiger charge is 2.35. The van der Waals surface area contributed by atoms with E-state index in [0.29, 0.717) is 12.6 Å². The van der Waals surface area contributed by atoms with Gasteiger partial charge in [-0.2, -0.15) is 0 Å². The molecule has 1 fully saturated rings. The minimum Gasteiger partial charge on any atom is -0.368 e. The van der Waals surface area contributed by atoms with Gasteiger partial charge in [-0.25, -0.2) is 0 Å². The molecule has 1 aliphatic rings. The summed E-state index contributed by atoms with van der Waals surface area (Å²) in [6.07, 6.45) is 1.18. The van der Waals surface area contributed by atoms with Crippen LogP contribution in [0, 0.1) is 0 Å². The average Bonchev–Trinajstić information content (AvgIpc) is 2.79. The Balaban J connectivity index is 2.57. The Labute approximate surface area is 117 Å². The molecule has 3 N–H and O–H groups in total. The van der Waals surface area contributed by atoms with Crippen molar-refractivity contribution in [2.24, 2.45) is 5.73 Å². The second-order valence-corrected chi connectivity index (χ2v) is 5.63. The van der Waals surface area contributed by atoms with Crippen molar-refractivity contribution in [1.29, 1.82) is 0 Å². The number of hydrogen-bond acceptors (Lipinski definition) is 4. The average molecular weight is 270 g/mol. The van der Waals surface area contributed by atoms with Gasteiger partial charge in [0.25, 0.3) is 0 Å². The molecule has 0 aromatic heterocycles. The number of carbonyl (C=O) groups excluding carboxylic acids is 1. The number of carbonyl (C=O) groups is 1. The van der Waals surface area contributed by atoms with Crippen molar-refractivity contribution < 1.29 is 4.79 Å². The van der Waals surface area contributed by atoms with Gasteiger partial charge in [0, 0.05) is 19.1 Å². The topological polar surface area (TPSA) is 61.6 Å². The zero-order valence-electron chi connectivity index (χ0n) is 12.9. The maximum absolute atomic E-state index is 11.6. The molecular weight excluding hydrogens is 240 g/mol. The lowest BCUT2D eigenvalue weighted by Gasteiger charge is -2.32. The fraction of sp³-hybridized carbons (Fsp3) is 0.929. The molecule has 1 saturated heterocycles. The largest absolute Gasteiger partial charge is 0.368 e. The molecule has 19 heavy (non-hydrogen) atoms. The van der Waals surface area contributed by atoms with Crippen LogP contribution in [0.4, 0.5) is 0 Å². The first-order valence-electron chi connectivity index (χ1n) is 7.48. The van der Waals surface area contributed by atoms with Gasteiger partial charge in [0.2, 0.25) is 5.91 Å². The highest BCUT2D eigenvalue weighted by molar-refractivity contribution is 5.84. The van der Waals surface area contributed by atoms with E-state index in [1.54, 1.807) is 0 Å². The van der Waals surface area contributed by atoms with Crippen molar-refractivity contribution in [3.8, 4) is 0 Å². The van der Waals surface area contributed by atoms with Crippen LogP contribution < -0.4 is 11.1 Å². The predicted octanol–water partition coefficient (Wildman–Crippen LogP) is 0.256. The number of hydrogen-bond donors (Lipinski definition) is 2. The number of likely N-dealkylation sites (N-methyl/N-ethyl adjacent to an activating group) is 2. The Morgan fingerprint density at radius 2 is 2.05 bits per heavy atom. The zero-order chi connectivity index (χ0) is 14.5. The Morgan fingerprint density at radius 3 is 2.53 bits per heavy atom. The SMILES string of the molecule is CCNC(C)(CN1CCC(N(CC)CC)C1)C(N)=O. The van der Waals surface area contributed by atoms with Crippen molar-refractivity contribution in [3.63, 3.8) is 0 Å². The monoisotopic (exact) mass is 270 g/mol. The number of nitrogens with zero attached hydrogens (tertiary/aromatic N) is 2. The van der Waals surface area contributed by atoms with Gasteiger partial charge in [0.05, 0.1) is 0 Å². The highest BCUT2D eigenvalue weighted by Crippen LogP contribution is 2.18. The van der Waals surface area contributed by atoms with E-state index in [-0.39, 0.29) is 5.91 Å². The van der Waals surface area contributed by atoms with E-state index >= 15 is 0 Å². The minimum atomic E-state index is -0.618. The molecule has 2 atom stereocenters. The fourth-order valence-electron chi connectivity index (χ4n) is 3.05. The van der Waals surface area contributed by atoms with Gasteiger partial charge in [-0.15, -0.1) is 0 Å². The molecule has 5 nitrogen and oxygen atoms in total. The normalized spacial score (nSPS) is 23.7. The molecule has 112 valence electrons. The summed E-state index contributed by atoms with van der Waals surface area (Å²) in [6, 6.07) is 0.619. The van der Waals surface area contributed by atoms with Crippen LogP contribution in [0.5, 0.6) is 0 Å². The molecule has 0 aromatic carbocycles. The summed E-state index contributed by atoms with van der Waals surface area (Å²) in [6.45, 7) is 14.1. The summed E-state index contributed by atoms with van der Waals surface area (Å²) < 4.78 is 0. The third-order valence-electron chi connectivity index (χ3n) is 4.23. The molecule has 1 aliphatic heterocycles. The lowest BCUT2D eigenvalue weighted by Crippen LogP contribution is -2.59. The third kappa shape index (κ3) is 4.16. The van der Waals surface area contributed by atoms with E-state index in [9.17, 15) is 4.79 Å². The summed E-state index contributed by atoms with van der Waals surface area (Å²) in [5.74, 6) is -0.263. The Morgan fingerprint density at radius 1 is 1.42 bits per heavy atom. The zero-order valence-corrected chi connectivity index (χ0v) is 12.9. The van der Waals surface area contributed by atoms with Gasteiger partial charge < -0.3 is 11.1 Å². The first kappa shape index (κ1) is 16.4. The number of amides is 1. The van der Waals surface area contributed by atoms with Gasteiger partial charge in [-0.05, 0) is 39.5 Å². The molecule has 0 radical (unpaired) electrons. The lowest BCUT2D eigenvalue weighted by atomic mass is 10.0. The van der Waals surface area contributed by atoms with E-state index in [1.807, 2.05) is 13.8 Å². The number of nitrogens with two attached hydrogens (primary N) is 1. The van der Waals surface area contributed by atoms with Crippen LogP contribution in [0.15, 0.2) is 0 Å². The van der Waals surface area contributed by atoms with Crippen molar-refractivity contribution in [1.82, 2.24) is 15.1 Å². The molecule has 2 unspecified atom stereocenters. The molecule has 0 saturated carbocycles. The minimum absolute atomic E-state index is 0.263. The Hall–Kier alpha value is -0.650. The lowest BCUT2D eigenvalue weighted by molar-refractivity contribution is -0.124. The third-order valence-corrected chi connectivity index (χ3v) is 4.23. The number of rotatable bonds is 8. The van der Waals surface area contributed by atoms with Crippen molar-refractivity contribution in [2.45, 2.75) is 45.7 Å². The van der Waals surface area contributed by atoms with E-state index < -0.39 is 5.54 Å². The van der Waals surface area contributed by atoms with Crippen LogP contribution >= 0.6 is 0 Å². The van der Waals surface area contributed by atoms with Crippen LogP contribution in [0.1, 0.15) is 34.1 Å². The van der Waals surface area contributed by atoms with Crippen molar-refractivity contribution >= 4 is 5.91 Å². The predicted molar refractivity (Wildman–Crippen MR) is 79.0 cm³/mol. The van der Waals surface area contributed by atoms with Gasteiger partial charge in [0.15, 0.2) is 0 Å². The molecule has 1 heterocycles. The molecule has 5 heteroatoms. The summed E-state index contributed by atoms with van der Waals surface area (Å²) in [4.78, 5) is 16.5. The van der Waals surface area contributed by atoms with Gasteiger partial charge in [-0.3, -0.25) is 14.6 Å². The van der Waals surface area contributed by atoms with Gasteiger partial charge in [-0.1, -0.05) is 20.8 Å². The first-order chi connectivity index (χ1) is 8.96. The molecule has 1 rings (SSSR count). The standard InChI is InChI=1S/C14H30N4O/c1-5-16-14(4,13(15)19)11-17-9-8-12(10-17)18(6-2)7-3/h12,16H,5-11H2,1-4H3,(H2,15,19). The highest BCUT2D eigenvalue weighted by atomic mass is 16.1. The Kier molecular flexibility index (Phi) is 6.23. The van der Waals surface area contributed by atoms with Crippen molar-refractivity contribution in [3.05, 3.63) is 0 Å². The van der Waals surface area contributed by atoms with Crippen LogP contribution in [0.2, 0.25) is 0 Å². The number of primary amides is 1. The quantitative estimate of drug-likeness (QED) is 0.664.